The predicted molar refractivity (Wildman–Crippen MR) is 184 cm³/mol. The van der Waals surface area contributed by atoms with E-state index < -0.39 is 0 Å². The monoisotopic (exact) mass is 548 g/mol. The Hall–Kier alpha value is -4.94. The molecule has 0 heterocycles. The maximum absolute atomic E-state index is 2.47. The van der Waals surface area contributed by atoms with E-state index >= 15 is 0 Å². The number of fused-ring (bicyclic) bond motifs is 7. The highest BCUT2D eigenvalue weighted by Gasteiger charge is 2.40. The molecule has 7 aromatic carbocycles. The molecule has 204 valence electrons. The summed E-state index contributed by atoms with van der Waals surface area (Å²) in [6, 6.07) is 50.3. The Balaban J connectivity index is 1.13. The molecule has 0 spiro atoms. The van der Waals surface area contributed by atoms with Crippen molar-refractivity contribution in [2.24, 2.45) is 0 Å². The molecular formula is C43H32. The molecule has 2 aliphatic carbocycles. The minimum absolute atomic E-state index is 0.0920. The van der Waals surface area contributed by atoms with Crippen molar-refractivity contribution in [1.29, 1.82) is 0 Å². The van der Waals surface area contributed by atoms with Crippen molar-refractivity contribution < 1.29 is 0 Å². The van der Waals surface area contributed by atoms with Gasteiger partial charge in [0.05, 0.1) is 0 Å². The first-order chi connectivity index (χ1) is 21.2. The van der Waals surface area contributed by atoms with Gasteiger partial charge in [-0.3, -0.25) is 0 Å². The van der Waals surface area contributed by atoms with Gasteiger partial charge in [-0.05, 0) is 119 Å². The number of rotatable bonds is 4. The van der Waals surface area contributed by atoms with Crippen LogP contribution in [0.15, 0.2) is 133 Å². The molecule has 0 amide bonds. The average Bonchev–Trinajstić information content (AvgIpc) is 3.55. The Bertz CT molecular complexity index is 2230. The van der Waals surface area contributed by atoms with Crippen molar-refractivity contribution in [3.05, 3.63) is 145 Å². The zero-order valence-electron chi connectivity index (χ0n) is 24.6. The average molecular weight is 549 g/mol. The van der Waals surface area contributed by atoms with Crippen LogP contribution in [0.5, 0.6) is 0 Å². The van der Waals surface area contributed by atoms with E-state index in [9.17, 15) is 0 Å². The van der Waals surface area contributed by atoms with Crippen molar-refractivity contribution >= 4 is 21.5 Å². The molecule has 0 fully saturated rings. The zero-order valence-corrected chi connectivity index (χ0v) is 24.6. The van der Waals surface area contributed by atoms with Crippen molar-refractivity contribution in [3.63, 3.8) is 0 Å². The van der Waals surface area contributed by atoms with Crippen LogP contribution in [0.1, 0.15) is 37.8 Å². The highest BCUT2D eigenvalue weighted by molar-refractivity contribution is 6.18. The summed E-state index contributed by atoms with van der Waals surface area (Å²) in [7, 11) is 0. The van der Waals surface area contributed by atoms with E-state index in [0.29, 0.717) is 0 Å². The molecule has 0 saturated heterocycles. The van der Waals surface area contributed by atoms with E-state index in [-0.39, 0.29) is 5.41 Å². The summed E-state index contributed by atoms with van der Waals surface area (Å²) < 4.78 is 0. The lowest BCUT2D eigenvalue weighted by Crippen LogP contribution is -2.23. The van der Waals surface area contributed by atoms with Gasteiger partial charge in [0.15, 0.2) is 0 Å². The van der Waals surface area contributed by atoms with Crippen LogP contribution in [0.3, 0.4) is 0 Å². The van der Waals surface area contributed by atoms with E-state index in [4.69, 9.17) is 0 Å². The minimum Gasteiger partial charge on any atom is -0.0642 e. The van der Waals surface area contributed by atoms with Crippen LogP contribution in [0.25, 0.3) is 77.2 Å². The van der Waals surface area contributed by atoms with Crippen LogP contribution < -0.4 is 0 Å². The second-order valence-corrected chi connectivity index (χ2v) is 12.3. The molecule has 0 nitrogen and oxygen atoms in total. The third-order valence-electron chi connectivity index (χ3n) is 10.5. The van der Waals surface area contributed by atoms with E-state index in [0.717, 1.165) is 12.8 Å². The second kappa shape index (κ2) is 9.03. The molecule has 2 aliphatic rings. The quantitative estimate of drug-likeness (QED) is 0.205. The Labute approximate surface area is 253 Å². The van der Waals surface area contributed by atoms with Crippen molar-refractivity contribution in [3.8, 4) is 55.6 Å². The van der Waals surface area contributed by atoms with Gasteiger partial charge in [-0.1, -0.05) is 129 Å². The molecule has 0 aromatic heterocycles. The maximum Gasteiger partial charge on any atom is 0.0210 e. The standard InChI is InChI=1S/C43H32/c1-3-43(4-2)40-15-8-7-12-35(40)36-21-20-30(26-41(36)43)28-16-17-29-25-31(19-18-27(29)24-28)32-22-23-39-34-11-6-5-10-33(34)38-14-9-13-37(32)42(38)39/h5-26H,3-4H2,1-2H3. The normalized spacial score (nSPS) is 13.7. The Morgan fingerprint density at radius 3 is 1.70 bits per heavy atom. The van der Waals surface area contributed by atoms with E-state index in [2.05, 4.69) is 147 Å². The molecular weight excluding hydrogens is 516 g/mol. The predicted octanol–water partition coefficient (Wildman–Crippen LogP) is 12.1. The van der Waals surface area contributed by atoms with Gasteiger partial charge in [0.1, 0.15) is 0 Å². The fraction of sp³-hybridized carbons (Fsp3) is 0.116. The van der Waals surface area contributed by atoms with Crippen molar-refractivity contribution in [2.75, 3.05) is 0 Å². The van der Waals surface area contributed by atoms with Gasteiger partial charge in [-0.25, -0.2) is 0 Å². The minimum atomic E-state index is 0.0920. The van der Waals surface area contributed by atoms with Gasteiger partial charge in [0.25, 0.3) is 0 Å². The van der Waals surface area contributed by atoms with Crippen LogP contribution in [0.4, 0.5) is 0 Å². The SMILES string of the molecule is CCC1(CC)c2ccccc2-c2ccc(-c3ccc4cc(-c5ccc6c7c(cccc57)-c5ccccc5-6)ccc4c3)cc21. The molecule has 0 N–H and O–H groups in total. The zero-order chi connectivity index (χ0) is 28.7. The fourth-order valence-electron chi connectivity index (χ4n) is 8.30. The van der Waals surface area contributed by atoms with Crippen LogP contribution in [-0.4, -0.2) is 0 Å². The number of benzene rings is 7. The van der Waals surface area contributed by atoms with Crippen LogP contribution in [0.2, 0.25) is 0 Å². The van der Waals surface area contributed by atoms with Crippen LogP contribution in [-0.2, 0) is 5.41 Å². The Morgan fingerprint density at radius 2 is 0.930 bits per heavy atom. The van der Waals surface area contributed by atoms with Gasteiger partial charge >= 0.3 is 0 Å². The third-order valence-corrected chi connectivity index (χ3v) is 10.5. The number of hydrogen-bond acceptors (Lipinski definition) is 0. The first-order valence-corrected chi connectivity index (χ1v) is 15.6. The lowest BCUT2D eigenvalue weighted by molar-refractivity contribution is 0.490. The fourth-order valence-corrected chi connectivity index (χ4v) is 8.30. The van der Waals surface area contributed by atoms with Crippen molar-refractivity contribution in [2.45, 2.75) is 32.1 Å². The van der Waals surface area contributed by atoms with Gasteiger partial charge in [0.2, 0.25) is 0 Å². The van der Waals surface area contributed by atoms with Gasteiger partial charge in [-0.2, -0.15) is 0 Å². The largest absolute Gasteiger partial charge is 0.0642 e. The molecule has 9 rings (SSSR count). The number of hydrogen-bond donors (Lipinski definition) is 0. The van der Waals surface area contributed by atoms with E-state index in [1.165, 1.54) is 88.3 Å². The van der Waals surface area contributed by atoms with E-state index in [1.54, 1.807) is 0 Å². The van der Waals surface area contributed by atoms with Gasteiger partial charge in [0, 0.05) is 5.41 Å². The van der Waals surface area contributed by atoms with Crippen LogP contribution in [0, 0.1) is 0 Å². The molecule has 0 radical (unpaired) electrons. The van der Waals surface area contributed by atoms with Crippen molar-refractivity contribution in [1.82, 2.24) is 0 Å². The van der Waals surface area contributed by atoms with Gasteiger partial charge in [-0.15, -0.1) is 0 Å². The topological polar surface area (TPSA) is 0 Å². The molecule has 7 aromatic rings. The lowest BCUT2D eigenvalue weighted by Gasteiger charge is -2.30. The molecule has 43 heavy (non-hydrogen) atoms. The van der Waals surface area contributed by atoms with E-state index in [1.807, 2.05) is 0 Å². The smallest absolute Gasteiger partial charge is 0.0210 e. The summed E-state index contributed by atoms with van der Waals surface area (Å²) in [6.07, 6.45) is 2.22. The summed E-state index contributed by atoms with van der Waals surface area (Å²) in [5.74, 6) is 0. The third kappa shape index (κ3) is 3.32. The highest BCUT2D eigenvalue weighted by Crippen LogP contribution is 2.53. The molecule has 0 heteroatoms. The first-order valence-electron chi connectivity index (χ1n) is 15.6. The molecule has 0 saturated carbocycles. The molecule has 0 unspecified atom stereocenters. The van der Waals surface area contributed by atoms with Gasteiger partial charge < -0.3 is 0 Å². The summed E-state index contributed by atoms with van der Waals surface area (Å²) in [5.41, 5.74) is 16.4. The Kier molecular flexibility index (Phi) is 5.17. The summed E-state index contributed by atoms with van der Waals surface area (Å²) in [6.45, 7) is 4.69. The molecule has 0 bridgehead atoms. The summed E-state index contributed by atoms with van der Waals surface area (Å²) >= 11 is 0. The maximum atomic E-state index is 2.47. The summed E-state index contributed by atoms with van der Waals surface area (Å²) in [4.78, 5) is 0. The lowest BCUT2D eigenvalue weighted by atomic mass is 9.73. The molecule has 0 atom stereocenters. The highest BCUT2D eigenvalue weighted by atomic mass is 14.4. The second-order valence-electron chi connectivity index (χ2n) is 12.3. The Morgan fingerprint density at radius 1 is 0.395 bits per heavy atom. The molecule has 0 aliphatic heterocycles. The first kappa shape index (κ1) is 24.6. The summed E-state index contributed by atoms with van der Waals surface area (Å²) in [5, 5.41) is 5.26. The van der Waals surface area contributed by atoms with Crippen LogP contribution >= 0.6 is 0 Å².